The Morgan fingerprint density at radius 1 is 1.15 bits per heavy atom. The van der Waals surface area contributed by atoms with Crippen LogP contribution in [0.2, 0.25) is 0 Å². The molecule has 0 spiro atoms. The Labute approximate surface area is 105 Å². The van der Waals surface area contributed by atoms with Gasteiger partial charge in [-0.3, -0.25) is 0 Å². The summed E-state index contributed by atoms with van der Waals surface area (Å²) in [4.78, 5) is 13.6. The molecular formula is C9H3F6N3O2. The van der Waals surface area contributed by atoms with Gasteiger partial charge in [0.25, 0.3) is 0 Å². The largest absolute Gasteiger partial charge is 0.477 e. The third-order valence-corrected chi connectivity index (χ3v) is 2.28. The number of halogens is 6. The summed E-state index contributed by atoms with van der Waals surface area (Å²) in [6.45, 7) is 0. The summed E-state index contributed by atoms with van der Waals surface area (Å²) < 4.78 is 75.6. The second-order valence-electron chi connectivity index (χ2n) is 3.62. The molecule has 2 rings (SSSR count). The Morgan fingerprint density at radius 3 is 2.20 bits per heavy atom. The van der Waals surface area contributed by atoms with E-state index >= 15 is 0 Å². The van der Waals surface area contributed by atoms with Gasteiger partial charge in [-0.25, -0.2) is 14.3 Å². The summed E-state index contributed by atoms with van der Waals surface area (Å²) in [5.74, 6) is -1.74. The van der Waals surface area contributed by atoms with Crippen molar-refractivity contribution in [2.75, 3.05) is 0 Å². The number of carboxylic acid groups (broad SMARTS) is 1. The maximum absolute atomic E-state index is 12.7. The van der Waals surface area contributed by atoms with E-state index in [1.807, 2.05) is 0 Å². The van der Waals surface area contributed by atoms with E-state index in [0.717, 1.165) is 0 Å². The molecule has 0 aliphatic heterocycles. The first-order valence-electron chi connectivity index (χ1n) is 4.78. The number of carbonyl (C=O) groups is 1. The number of aromatic nitrogens is 3. The number of alkyl halides is 6. The fourth-order valence-electron chi connectivity index (χ4n) is 1.46. The van der Waals surface area contributed by atoms with Gasteiger partial charge in [-0.1, -0.05) is 0 Å². The van der Waals surface area contributed by atoms with Crippen LogP contribution < -0.4 is 0 Å². The van der Waals surface area contributed by atoms with Crippen LogP contribution in [0.15, 0.2) is 12.3 Å². The molecule has 20 heavy (non-hydrogen) atoms. The molecule has 2 heterocycles. The van der Waals surface area contributed by atoms with Gasteiger partial charge in [0.15, 0.2) is 11.3 Å². The molecule has 1 N–H and O–H groups in total. The van der Waals surface area contributed by atoms with Crippen molar-refractivity contribution in [3.8, 4) is 0 Å². The average Bonchev–Trinajstić information content (AvgIpc) is 2.68. The van der Waals surface area contributed by atoms with E-state index in [1.165, 1.54) is 0 Å². The molecule has 108 valence electrons. The lowest BCUT2D eigenvalue weighted by molar-refractivity contribution is -0.148. The van der Waals surface area contributed by atoms with Crippen LogP contribution in [-0.4, -0.2) is 25.7 Å². The fraction of sp³-hybridized carbons (Fsp3) is 0.222. The van der Waals surface area contributed by atoms with Gasteiger partial charge >= 0.3 is 18.3 Å². The molecular weight excluding hydrogens is 296 g/mol. The van der Waals surface area contributed by atoms with Crippen molar-refractivity contribution < 1.29 is 36.2 Å². The first-order valence-corrected chi connectivity index (χ1v) is 4.78. The number of nitrogens with zero attached hydrogens (tertiary/aromatic N) is 3. The minimum Gasteiger partial charge on any atom is -0.477 e. The van der Waals surface area contributed by atoms with Gasteiger partial charge in [0.2, 0.25) is 0 Å². The number of hydrogen-bond acceptors (Lipinski definition) is 3. The number of carboxylic acids is 1. The van der Waals surface area contributed by atoms with Crippen molar-refractivity contribution in [2.45, 2.75) is 12.4 Å². The van der Waals surface area contributed by atoms with Crippen LogP contribution in [0.1, 0.15) is 21.7 Å². The van der Waals surface area contributed by atoms with Crippen LogP contribution in [0.25, 0.3) is 5.65 Å². The molecule has 11 heteroatoms. The summed E-state index contributed by atoms with van der Waals surface area (Å²) in [5.41, 5.74) is -5.50. The normalized spacial score (nSPS) is 12.9. The van der Waals surface area contributed by atoms with E-state index in [9.17, 15) is 31.1 Å². The van der Waals surface area contributed by atoms with E-state index < -0.39 is 40.9 Å². The Morgan fingerprint density at radius 2 is 1.75 bits per heavy atom. The van der Waals surface area contributed by atoms with Crippen LogP contribution in [0.3, 0.4) is 0 Å². The van der Waals surface area contributed by atoms with E-state index in [0.29, 0.717) is 6.20 Å². The molecule has 0 atom stereocenters. The van der Waals surface area contributed by atoms with Gasteiger partial charge in [-0.2, -0.15) is 31.4 Å². The highest BCUT2D eigenvalue weighted by atomic mass is 19.4. The van der Waals surface area contributed by atoms with Crippen LogP contribution >= 0.6 is 0 Å². The van der Waals surface area contributed by atoms with Crippen LogP contribution in [0.4, 0.5) is 26.3 Å². The molecule has 0 radical (unpaired) electrons. The standard InChI is InChI=1S/C9H3F6N3O2/c10-8(11,12)4-1-5(9(13,14)15)18-6(17-4)3(2-16-18)7(19)20/h1-2H,(H,19,20). The molecule has 0 fully saturated rings. The minimum absolute atomic E-state index is 0.0126. The molecule has 0 saturated carbocycles. The fourth-order valence-corrected chi connectivity index (χ4v) is 1.46. The van der Waals surface area contributed by atoms with Gasteiger partial charge in [0, 0.05) is 0 Å². The number of fused-ring (bicyclic) bond motifs is 1. The molecule has 2 aromatic rings. The maximum Gasteiger partial charge on any atom is 0.433 e. The molecule has 2 aromatic heterocycles. The lowest BCUT2D eigenvalue weighted by atomic mass is 10.2. The molecule has 0 bridgehead atoms. The smallest absolute Gasteiger partial charge is 0.433 e. The lowest BCUT2D eigenvalue weighted by Gasteiger charge is -2.12. The van der Waals surface area contributed by atoms with E-state index in [1.54, 1.807) is 0 Å². The quantitative estimate of drug-likeness (QED) is 0.821. The molecule has 0 aliphatic rings. The Balaban J connectivity index is 2.88. The monoisotopic (exact) mass is 299 g/mol. The summed E-state index contributed by atoms with van der Waals surface area (Å²) in [7, 11) is 0. The summed E-state index contributed by atoms with van der Waals surface area (Å²) in [6.07, 6.45) is -9.80. The second-order valence-corrected chi connectivity index (χ2v) is 3.62. The van der Waals surface area contributed by atoms with Crippen molar-refractivity contribution in [1.29, 1.82) is 0 Å². The number of hydrogen-bond donors (Lipinski definition) is 1. The zero-order valence-corrected chi connectivity index (χ0v) is 9.12. The Bertz CT molecular complexity index is 687. The maximum atomic E-state index is 12.7. The Hall–Kier alpha value is -2.33. The predicted molar refractivity (Wildman–Crippen MR) is 50.0 cm³/mol. The first kappa shape index (κ1) is 14.1. The van der Waals surface area contributed by atoms with Crippen LogP contribution in [0.5, 0.6) is 0 Å². The molecule has 0 unspecified atom stereocenters. The minimum atomic E-state index is -5.15. The van der Waals surface area contributed by atoms with E-state index in [-0.39, 0.29) is 10.6 Å². The molecule has 0 amide bonds. The molecule has 0 aliphatic carbocycles. The third kappa shape index (κ3) is 2.26. The highest BCUT2D eigenvalue weighted by Gasteiger charge is 2.40. The van der Waals surface area contributed by atoms with Crippen molar-refractivity contribution >= 4 is 11.6 Å². The summed E-state index contributed by atoms with van der Waals surface area (Å²) >= 11 is 0. The molecule has 5 nitrogen and oxygen atoms in total. The SMILES string of the molecule is O=C(O)c1cnn2c(C(F)(F)F)cc(C(F)(F)F)nc12. The molecule has 0 aromatic carbocycles. The average molecular weight is 299 g/mol. The van der Waals surface area contributed by atoms with Gasteiger partial charge < -0.3 is 5.11 Å². The van der Waals surface area contributed by atoms with Gasteiger partial charge in [0.05, 0.1) is 6.20 Å². The third-order valence-electron chi connectivity index (χ3n) is 2.28. The topological polar surface area (TPSA) is 67.5 Å². The first-order chi connectivity index (χ1) is 9.01. The summed E-state index contributed by atoms with van der Waals surface area (Å²) in [5, 5.41) is 11.8. The van der Waals surface area contributed by atoms with Gasteiger partial charge in [-0.05, 0) is 6.07 Å². The van der Waals surface area contributed by atoms with Crippen molar-refractivity contribution in [1.82, 2.24) is 14.6 Å². The highest BCUT2D eigenvalue weighted by Crippen LogP contribution is 2.35. The Kier molecular flexibility index (Phi) is 2.87. The molecule has 0 saturated heterocycles. The van der Waals surface area contributed by atoms with Crippen molar-refractivity contribution in [2.24, 2.45) is 0 Å². The predicted octanol–water partition coefficient (Wildman–Crippen LogP) is 2.47. The summed E-state index contributed by atoms with van der Waals surface area (Å²) in [6, 6.07) is -0.231. The van der Waals surface area contributed by atoms with Crippen molar-refractivity contribution in [3.63, 3.8) is 0 Å². The highest BCUT2D eigenvalue weighted by molar-refractivity contribution is 5.94. The zero-order valence-electron chi connectivity index (χ0n) is 9.12. The second kappa shape index (κ2) is 4.08. The van der Waals surface area contributed by atoms with E-state index in [4.69, 9.17) is 5.11 Å². The zero-order chi connectivity index (χ0) is 15.3. The van der Waals surface area contributed by atoms with Gasteiger partial charge in [0.1, 0.15) is 11.3 Å². The number of rotatable bonds is 1. The number of aromatic carboxylic acids is 1. The van der Waals surface area contributed by atoms with Crippen LogP contribution in [0, 0.1) is 0 Å². The lowest BCUT2D eigenvalue weighted by Crippen LogP contribution is -2.18. The van der Waals surface area contributed by atoms with E-state index in [2.05, 4.69) is 10.1 Å². The van der Waals surface area contributed by atoms with Gasteiger partial charge in [-0.15, -0.1) is 0 Å². The van der Waals surface area contributed by atoms with Crippen molar-refractivity contribution in [3.05, 3.63) is 29.2 Å². The van der Waals surface area contributed by atoms with Crippen LogP contribution in [-0.2, 0) is 12.4 Å².